The van der Waals surface area contributed by atoms with Gasteiger partial charge in [0.2, 0.25) is 0 Å². The average molecular weight is 759 g/mol. The molecule has 0 saturated carbocycles. The molecule has 0 saturated heterocycles. The summed E-state index contributed by atoms with van der Waals surface area (Å²) in [6.45, 7) is 4.38. The third-order valence-electron chi connectivity index (χ3n) is 8.95. The van der Waals surface area contributed by atoms with Crippen LogP contribution in [0, 0.1) is 0 Å². The van der Waals surface area contributed by atoms with Gasteiger partial charge in [-0.25, -0.2) is 4.57 Å². The Hall–Kier alpha value is -1.51. The van der Waals surface area contributed by atoms with Crippen molar-refractivity contribution in [2.24, 2.45) is 0 Å². The lowest BCUT2D eigenvalue weighted by molar-refractivity contribution is -0.870. The van der Waals surface area contributed by atoms with Crippen LogP contribution in [-0.4, -0.2) is 74.9 Å². The minimum Gasteiger partial charge on any atom is -0.462 e. The molecular formula is C42H81NO8P+. The SMILES string of the molecule is CCCCCC/C=C\CCCCCCCCCC(=O)OC[C@H](COP(=O)(O)OCC[N+](C)(C)C)OC(=O)CCCCCCC/C=C\CCCCCC. The lowest BCUT2D eigenvalue weighted by atomic mass is 10.1. The van der Waals surface area contributed by atoms with Crippen LogP contribution >= 0.6 is 7.82 Å². The van der Waals surface area contributed by atoms with Crippen molar-refractivity contribution in [1.29, 1.82) is 0 Å². The molecule has 0 rings (SSSR count). The van der Waals surface area contributed by atoms with Crippen LogP contribution in [0.2, 0.25) is 0 Å². The molecule has 0 radical (unpaired) electrons. The summed E-state index contributed by atoms with van der Waals surface area (Å²) in [6.07, 6.45) is 36.4. The summed E-state index contributed by atoms with van der Waals surface area (Å²) in [5.74, 6) is -0.812. The van der Waals surface area contributed by atoms with E-state index in [-0.39, 0.29) is 32.0 Å². The molecule has 0 heterocycles. The van der Waals surface area contributed by atoms with Crippen molar-refractivity contribution in [2.45, 2.75) is 187 Å². The lowest BCUT2D eigenvalue weighted by Crippen LogP contribution is -2.37. The molecule has 0 aliphatic carbocycles. The van der Waals surface area contributed by atoms with Gasteiger partial charge in [0.25, 0.3) is 0 Å². The van der Waals surface area contributed by atoms with Crippen molar-refractivity contribution in [3.8, 4) is 0 Å². The molecule has 52 heavy (non-hydrogen) atoms. The highest BCUT2D eigenvalue weighted by Gasteiger charge is 2.27. The summed E-state index contributed by atoms with van der Waals surface area (Å²) >= 11 is 0. The van der Waals surface area contributed by atoms with Gasteiger partial charge in [-0.2, -0.15) is 0 Å². The van der Waals surface area contributed by atoms with E-state index < -0.39 is 26.5 Å². The Morgan fingerprint density at radius 1 is 0.577 bits per heavy atom. The quantitative estimate of drug-likeness (QED) is 0.0218. The van der Waals surface area contributed by atoms with E-state index in [2.05, 4.69) is 38.2 Å². The van der Waals surface area contributed by atoms with Gasteiger partial charge in [0.15, 0.2) is 6.10 Å². The number of esters is 2. The number of phosphoric ester groups is 1. The van der Waals surface area contributed by atoms with Gasteiger partial charge in [-0.1, -0.05) is 128 Å². The normalized spacial score (nSPS) is 13.9. The van der Waals surface area contributed by atoms with Gasteiger partial charge >= 0.3 is 19.8 Å². The average Bonchev–Trinajstić information content (AvgIpc) is 3.09. The van der Waals surface area contributed by atoms with Gasteiger partial charge in [-0.3, -0.25) is 18.6 Å². The predicted octanol–water partition coefficient (Wildman–Crippen LogP) is 11.6. The monoisotopic (exact) mass is 759 g/mol. The number of hydrogen-bond donors (Lipinski definition) is 1. The molecule has 0 aliphatic rings. The topological polar surface area (TPSA) is 108 Å². The second kappa shape index (κ2) is 35.2. The highest BCUT2D eigenvalue weighted by molar-refractivity contribution is 7.47. The Morgan fingerprint density at radius 3 is 1.42 bits per heavy atom. The summed E-state index contributed by atoms with van der Waals surface area (Å²) in [4.78, 5) is 35.3. The van der Waals surface area contributed by atoms with E-state index in [0.717, 1.165) is 57.8 Å². The first-order valence-corrected chi connectivity index (χ1v) is 22.6. The first-order chi connectivity index (χ1) is 25.0. The standard InChI is InChI=1S/C42H80NO8P/c1-6-8-10-12-14-16-18-20-21-23-24-26-28-30-32-34-41(44)48-38-40(39-50-52(46,47)49-37-36-43(3,4)5)51-42(45)35-33-31-29-27-25-22-19-17-15-13-11-9-7-2/h16-19,40H,6-15,20-39H2,1-5H3/p+1/b18-16-,19-17-/t40-/m1/s1. The predicted molar refractivity (Wildman–Crippen MR) is 215 cm³/mol. The van der Waals surface area contributed by atoms with Crippen molar-refractivity contribution in [2.75, 3.05) is 47.5 Å². The van der Waals surface area contributed by atoms with Gasteiger partial charge in [0.05, 0.1) is 27.7 Å². The molecule has 0 bridgehead atoms. The Morgan fingerprint density at radius 2 is 0.981 bits per heavy atom. The van der Waals surface area contributed by atoms with Crippen molar-refractivity contribution >= 4 is 19.8 Å². The number of rotatable bonds is 38. The minimum atomic E-state index is -4.37. The van der Waals surface area contributed by atoms with Crippen molar-refractivity contribution in [3.05, 3.63) is 24.3 Å². The number of nitrogens with zero attached hydrogens (tertiary/aromatic N) is 1. The van der Waals surface area contributed by atoms with Gasteiger partial charge in [0, 0.05) is 12.8 Å². The van der Waals surface area contributed by atoms with Crippen LogP contribution in [0.15, 0.2) is 24.3 Å². The molecule has 1 N–H and O–H groups in total. The first kappa shape index (κ1) is 50.5. The second-order valence-electron chi connectivity index (χ2n) is 15.4. The van der Waals surface area contributed by atoms with E-state index in [4.69, 9.17) is 18.5 Å². The number of carbonyl (C=O) groups excluding carboxylic acids is 2. The minimum absolute atomic E-state index is 0.0304. The second-order valence-corrected chi connectivity index (χ2v) is 16.8. The summed E-state index contributed by atoms with van der Waals surface area (Å²) in [5, 5.41) is 0. The van der Waals surface area contributed by atoms with Crippen molar-refractivity contribution < 1.29 is 42.1 Å². The number of unbranched alkanes of at least 4 members (excludes halogenated alkanes) is 20. The number of likely N-dealkylation sites (N-methyl/N-ethyl adjacent to an activating group) is 1. The highest BCUT2D eigenvalue weighted by Crippen LogP contribution is 2.43. The zero-order valence-corrected chi connectivity index (χ0v) is 35.2. The molecule has 0 fully saturated rings. The van der Waals surface area contributed by atoms with Gasteiger partial charge in [0.1, 0.15) is 19.8 Å². The molecule has 2 atom stereocenters. The maximum Gasteiger partial charge on any atom is 0.472 e. The molecule has 0 aromatic carbocycles. The van der Waals surface area contributed by atoms with Gasteiger partial charge < -0.3 is 18.9 Å². The van der Waals surface area contributed by atoms with E-state index in [9.17, 15) is 19.0 Å². The summed E-state index contributed by atoms with van der Waals surface area (Å²) in [6, 6.07) is 0. The summed E-state index contributed by atoms with van der Waals surface area (Å²) in [7, 11) is 1.47. The maximum absolute atomic E-state index is 12.6. The largest absolute Gasteiger partial charge is 0.472 e. The van der Waals surface area contributed by atoms with Crippen LogP contribution in [0.3, 0.4) is 0 Å². The number of quaternary nitrogens is 1. The third kappa shape index (κ3) is 38.2. The van der Waals surface area contributed by atoms with Crippen molar-refractivity contribution in [1.82, 2.24) is 0 Å². The van der Waals surface area contributed by atoms with E-state index in [0.29, 0.717) is 17.4 Å². The number of allylic oxidation sites excluding steroid dienone is 4. The maximum atomic E-state index is 12.6. The molecule has 0 amide bonds. The first-order valence-electron chi connectivity index (χ1n) is 21.1. The van der Waals surface area contributed by atoms with Crippen LogP contribution in [0.25, 0.3) is 0 Å². The fourth-order valence-electron chi connectivity index (χ4n) is 5.59. The fraction of sp³-hybridized carbons (Fsp3) is 0.857. The molecule has 0 aromatic rings. The molecule has 10 heteroatoms. The molecular weight excluding hydrogens is 677 g/mol. The smallest absolute Gasteiger partial charge is 0.462 e. The third-order valence-corrected chi connectivity index (χ3v) is 9.94. The van der Waals surface area contributed by atoms with Crippen LogP contribution in [0.4, 0.5) is 0 Å². The van der Waals surface area contributed by atoms with Crippen LogP contribution in [0.5, 0.6) is 0 Å². The van der Waals surface area contributed by atoms with Gasteiger partial charge in [-0.05, 0) is 64.2 Å². The Bertz CT molecular complexity index is 949. The van der Waals surface area contributed by atoms with Crippen LogP contribution in [0.1, 0.15) is 181 Å². The molecule has 1 unspecified atom stereocenters. The van der Waals surface area contributed by atoms with Crippen molar-refractivity contribution in [3.63, 3.8) is 0 Å². The highest BCUT2D eigenvalue weighted by atomic mass is 31.2. The van der Waals surface area contributed by atoms with Crippen LogP contribution < -0.4 is 0 Å². The number of hydrogen-bond acceptors (Lipinski definition) is 7. The lowest BCUT2D eigenvalue weighted by Gasteiger charge is -2.24. The number of phosphoric acid groups is 1. The zero-order valence-electron chi connectivity index (χ0n) is 34.3. The Balaban J connectivity index is 4.39. The molecule has 0 spiro atoms. The zero-order chi connectivity index (χ0) is 38.6. The molecule has 9 nitrogen and oxygen atoms in total. The summed E-state index contributed by atoms with van der Waals surface area (Å²) < 4.78 is 34.2. The number of carbonyl (C=O) groups is 2. The molecule has 0 aliphatic heterocycles. The van der Waals surface area contributed by atoms with E-state index >= 15 is 0 Å². The number of ether oxygens (including phenoxy) is 2. The Labute approximate surface area is 319 Å². The molecule has 0 aromatic heterocycles. The van der Waals surface area contributed by atoms with E-state index in [1.807, 2.05) is 21.1 Å². The van der Waals surface area contributed by atoms with Gasteiger partial charge in [-0.15, -0.1) is 0 Å². The summed E-state index contributed by atoms with van der Waals surface area (Å²) in [5.41, 5.74) is 0. The fourth-order valence-corrected chi connectivity index (χ4v) is 6.33. The Kier molecular flexibility index (Phi) is 34.2. The molecule has 306 valence electrons. The van der Waals surface area contributed by atoms with Crippen LogP contribution in [-0.2, 0) is 32.7 Å². The van der Waals surface area contributed by atoms with E-state index in [1.165, 1.54) is 89.9 Å². The van der Waals surface area contributed by atoms with E-state index in [1.54, 1.807) is 0 Å².